The van der Waals surface area contributed by atoms with Gasteiger partial charge in [-0.25, -0.2) is 0 Å². The third-order valence-electron chi connectivity index (χ3n) is 2.02. The van der Waals surface area contributed by atoms with E-state index in [-0.39, 0.29) is 6.61 Å². The van der Waals surface area contributed by atoms with Gasteiger partial charge in [-0.05, 0) is 19.1 Å². The fourth-order valence-electron chi connectivity index (χ4n) is 1.16. The molecule has 1 aromatic carbocycles. The molecule has 1 N–H and O–H groups in total. The summed E-state index contributed by atoms with van der Waals surface area (Å²) >= 11 is 5.91. The van der Waals surface area contributed by atoms with Crippen molar-refractivity contribution in [1.82, 2.24) is 0 Å². The third kappa shape index (κ3) is 3.57. The zero-order chi connectivity index (χ0) is 11.3. The van der Waals surface area contributed by atoms with Gasteiger partial charge in [-0.2, -0.15) is 0 Å². The third-order valence-corrected chi connectivity index (χ3v) is 2.37. The van der Waals surface area contributed by atoms with E-state index in [9.17, 15) is 0 Å². The molecule has 3 heteroatoms. The second-order valence-corrected chi connectivity index (χ2v) is 3.84. The predicted octanol–water partition coefficient (Wildman–Crippen LogP) is 3.18. The Balaban J connectivity index is 2.67. The summed E-state index contributed by atoms with van der Waals surface area (Å²) in [7, 11) is 0. The molecule has 0 heterocycles. The first-order valence-corrected chi connectivity index (χ1v) is 5.18. The van der Waals surface area contributed by atoms with Gasteiger partial charge in [0.1, 0.15) is 5.75 Å². The van der Waals surface area contributed by atoms with Crippen molar-refractivity contribution in [2.75, 3.05) is 6.61 Å². The predicted molar refractivity (Wildman–Crippen MR) is 62.3 cm³/mol. The Morgan fingerprint density at radius 1 is 1.53 bits per heavy atom. The summed E-state index contributed by atoms with van der Waals surface area (Å²) < 4.78 is 5.51. The van der Waals surface area contributed by atoms with Gasteiger partial charge >= 0.3 is 0 Å². The maximum absolute atomic E-state index is 9.13. The van der Waals surface area contributed by atoms with Crippen LogP contribution < -0.4 is 4.74 Å². The number of hydrogen-bond donors (Lipinski definition) is 1. The zero-order valence-electron chi connectivity index (χ0n) is 8.79. The average Bonchev–Trinajstić information content (AvgIpc) is 2.17. The van der Waals surface area contributed by atoms with Crippen LogP contribution in [0.15, 0.2) is 30.4 Å². The molecule has 82 valence electrons. The number of hydrogen-bond acceptors (Lipinski definition) is 2. The molecule has 0 saturated heterocycles. The lowest BCUT2D eigenvalue weighted by molar-refractivity contribution is 0.264. The largest absolute Gasteiger partial charge is 0.493 e. The van der Waals surface area contributed by atoms with Gasteiger partial charge in [0.15, 0.2) is 0 Å². The Kier molecular flexibility index (Phi) is 4.66. The first-order valence-electron chi connectivity index (χ1n) is 4.80. The Morgan fingerprint density at radius 2 is 2.27 bits per heavy atom. The van der Waals surface area contributed by atoms with Crippen molar-refractivity contribution in [3.8, 4) is 5.75 Å². The van der Waals surface area contributed by atoms with Crippen molar-refractivity contribution in [3.63, 3.8) is 0 Å². The first-order chi connectivity index (χ1) is 7.15. The Labute approximate surface area is 95.1 Å². The van der Waals surface area contributed by atoms with Crippen LogP contribution in [0.2, 0.25) is 5.02 Å². The highest BCUT2D eigenvalue weighted by molar-refractivity contribution is 6.31. The van der Waals surface area contributed by atoms with Gasteiger partial charge in [-0.3, -0.25) is 0 Å². The molecule has 0 atom stereocenters. The second kappa shape index (κ2) is 5.79. The minimum atomic E-state index is -0.109. The molecule has 0 unspecified atom stereocenters. The summed E-state index contributed by atoms with van der Waals surface area (Å²) in [6.45, 7) is 6.19. The SMILES string of the molecule is C=C(C)CCOc1cccc(Cl)c1CO. The molecule has 0 aliphatic carbocycles. The van der Waals surface area contributed by atoms with Crippen molar-refractivity contribution >= 4 is 11.6 Å². The highest BCUT2D eigenvalue weighted by Crippen LogP contribution is 2.26. The lowest BCUT2D eigenvalue weighted by Crippen LogP contribution is -2.01. The maximum Gasteiger partial charge on any atom is 0.126 e. The van der Waals surface area contributed by atoms with Gasteiger partial charge < -0.3 is 9.84 Å². The van der Waals surface area contributed by atoms with E-state index < -0.39 is 0 Å². The van der Waals surface area contributed by atoms with E-state index in [0.29, 0.717) is 22.9 Å². The molecule has 0 fully saturated rings. The summed E-state index contributed by atoms with van der Waals surface area (Å²) in [6, 6.07) is 5.34. The van der Waals surface area contributed by atoms with Crippen LogP contribution in [0.4, 0.5) is 0 Å². The van der Waals surface area contributed by atoms with Gasteiger partial charge in [0.2, 0.25) is 0 Å². The molecule has 0 amide bonds. The van der Waals surface area contributed by atoms with Gasteiger partial charge in [0.05, 0.1) is 13.2 Å². The smallest absolute Gasteiger partial charge is 0.126 e. The summed E-state index contributed by atoms with van der Waals surface area (Å²) in [5.41, 5.74) is 1.71. The van der Waals surface area contributed by atoms with Gasteiger partial charge in [0.25, 0.3) is 0 Å². The lowest BCUT2D eigenvalue weighted by atomic mass is 10.2. The second-order valence-electron chi connectivity index (χ2n) is 3.43. The number of ether oxygens (including phenoxy) is 1. The number of halogens is 1. The molecule has 0 bridgehead atoms. The number of aliphatic hydroxyl groups excluding tert-OH is 1. The quantitative estimate of drug-likeness (QED) is 0.782. The Morgan fingerprint density at radius 3 is 2.87 bits per heavy atom. The molecule has 1 rings (SSSR count). The number of aliphatic hydroxyl groups is 1. The summed E-state index contributed by atoms with van der Waals surface area (Å²) in [5, 5.41) is 9.66. The van der Waals surface area contributed by atoms with Crippen LogP contribution in [0.25, 0.3) is 0 Å². The molecule has 0 aliphatic heterocycles. The van der Waals surface area contributed by atoms with E-state index in [1.54, 1.807) is 18.2 Å². The summed E-state index contributed by atoms with van der Waals surface area (Å²) in [5.74, 6) is 0.645. The van der Waals surface area contributed by atoms with Crippen LogP contribution in [0.1, 0.15) is 18.9 Å². The van der Waals surface area contributed by atoms with Crippen molar-refractivity contribution in [2.45, 2.75) is 20.0 Å². The zero-order valence-corrected chi connectivity index (χ0v) is 9.55. The van der Waals surface area contributed by atoms with Gasteiger partial charge in [0, 0.05) is 17.0 Å². The fraction of sp³-hybridized carbons (Fsp3) is 0.333. The van der Waals surface area contributed by atoms with Crippen molar-refractivity contribution in [1.29, 1.82) is 0 Å². The molecule has 0 saturated carbocycles. The van der Waals surface area contributed by atoms with Crippen LogP contribution in [-0.4, -0.2) is 11.7 Å². The van der Waals surface area contributed by atoms with Crippen molar-refractivity contribution < 1.29 is 9.84 Å². The standard InChI is InChI=1S/C12H15ClO2/c1-9(2)6-7-15-12-5-3-4-11(13)10(12)8-14/h3-5,14H,1,6-8H2,2H3. The van der Waals surface area contributed by atoms with E-state index in [2.05, 4.69) is 6.58 Å². The lowest BCUT2D eigenvalue weighted by Gasteiger charge is -2.11. The fourth-order valence-corrected chi connectivity index (χ4v) is 1.39. The average molecular weight is 227 g/mol. The van der Waals surface area contributed by atoms with E-state index in [0.717, 1.165) is 12.0 Å². The molecular weight excluding hydrogens is 212 g/mol. The molecule has 2 nitrogen and oxygen atoms in total. The Bertz CT molecular complexity index is 347. The van der Waals surface area contributed by atoms with Gasteiger partial charge in [-0.1, -0.05) is 23.2 Å². The number of rotatable bonds is 5. The van der Waals surface area contributed by atoms with Crippen LogP contribution in [0.5, 0.6) is 5.75 Å². The van der Waals surface area contributed by atoms with E-state index in [1.807, 2.05) is 6.92 Å². The van der Waals surface area contributed by atoms with Crippen LogP contribution in [0.3, 0.4) is 0 Å². The Hall–Kier alpha value is -0.990. The molecular formula is C12H15ClO2. The molecule has 0 radical (unpaired) electrons. The van der Waals surface area contributed by atoms with Crippen LogP contribution in [0, 0.1) is 0 Å². The van der Waals surface area contributed by atoms with Crippen molar-refractivity contribution in [3.05, 3.63) is 40.9 Å². The molecule has 0 spiro atoms. The van der Waals surface area contributed by atoms with Crippen molar-refractivity contribution in [2.24, 2.45) is 0 Å². The first kappa shape index (κ1) is 12.1. The molecule has 0 aromatic heterocycles. The van der Waals surface area contributed by atoms with E-state index >= 15 is 0 Å². The summed E-state index contributed by atoms with van der Waals surface area (Å²) in [4.78, 5) is 0. The van der Waals surface area contributed by atoms with Crippen LogP contribution in [-0.2, 0) is 6.61 Å². The van der Waals surface area contributed by atoms with E-state index in [1.165, 1.54) is 0 Å². The normalized spacial score (nSPS) is 10.1. The minimum absolute atomic E-state index is 0.109. The highest BCUT2D eigenvalue weighted by atomic mass is 35.5. The maximum atomic E-state index is 9.13. The van der Waals surface area contributed by atoms with Crippen LogP contribution >= 0.6 is 11.6 Å². The van der Waals surface area contributed by atoms with E-state index in [4.69, 9.17) is 21.4 Å². The van der Waals surface area contributed by atoms with Gasteiger partial charge in [-0.15, -0.1) is 6.58 Å². The topological polar surface area (TPSA) is 29.5 Å². The molecule has 1 aromatic rings. The monoisotopic (exact) mass is 226 g/mol. The minimum Gasteiger partial charge on any atom is -0.493 e. The summed E-state index contributed by atoms with van der Waals surface area (Å²) in [6.07, 6.45) is 0.803. The molecule has 15 heavy (non-hydrogen) atoms. The number of benzene rings is 1. The highest BCUT2D eigenvalue weighted by Gasteiger charge is 2.06. The molecule has 0 aliphatic rings.